The van der Waals surface area contributed by atoms with Gasteiger partial charge in [-0.25, -0.2) is 4.79 Å². The number of hydrogen-bond acceptors (Lipinski definition) is 4. The summed E-state index contributed by atoms with van der Waals surface area (Å²) in [6.45, 7) is 0. The fraction of sp³-hybridized carbons (Fsp3) is 0.130. The zero-order chi connectivity index (χ0) is 20.4. The molecule has 0 bridgehead atoms. The number of hydrazone groups is 1. The molecule has 0 amide bonds. The molecule has 3 aromatic rings. The molecule has 146 valence electrons. The van der Waals surface area contributed by atoms with Crippen LogP contribution in [0.4, 0.5) is 5.69 Å². The van der Waals surface area contributed by atoms with Gasteiger partial charge in [0.25, 0.3) is 0 Å². The van der Waals surface area contributed by atoms with E-state index in [1.54, 1.807) is 31.4 Å². The summed E-state index contributed by atoms with van der Waals surface area (Å²) in [5.41, 5.74) is 4.27. The maximum atomic E-state index is 11.2. The Morgan fingerprint density at radius 1 is 1.03 bits per heavy atom. The van der Waals surface area contributed by atoms with Crippen molar-refractivity contribution in [1.29, 1.82) is 0 Å². The Kier molecular flexibility index (Phi) is 5.36. The minimum Gasteiger partial charge on any atom is -0.497 e. The second-order valence-corrected chi connectivity index (χ2v) is 7.66. The van der Waals surface area contributed by atoms with Crippen molar-refractivity contribution < 1.29 is 14.6 Å². The largest absolute Gasteiger partial charge is 0.497 e. The number of hydrogen-bond donors (Lipinski definition) is 1. The SMILES string of the molecule is COc1ccc(C2CC(c3ccc(Br)cc3)=NN2c2ccc(C(=O)O)cc2)cc1. The number of anilines is 1. The number of carboxylic acid groups (broad SMARTS) is 1. The number of ether oxygens (including phenoxy) is 1. The molecule has 1 aliphatic rings. The van der Waals surface area contributed by atoms with Crippen molar-refractivity contribution in [3.8, 4) is 5.75 Å². The van der Waals surface area contributed by atoms with Crippen molar-refractivity contribution in [2.75, 3.05) is 12.1 Å². The summed E-state index contributed by atoms with van der Waals surface area (Å²) in [5.74, 6) is -0.137. The summed E-state index contributed by atoms with van der Waals surface area (Å²) < 4.78 is 6.30. The van der Waals surface area contributed by atoms with E-state index in [0.29, 0.717) is 0 Å². The van der Waals surface area contributed by atoms with Crippen LogP contribution in [-0.4, -0.2) is 23.9 Å². The van der Waals surface area contributed by atoms with Gasteiger partial charge in [0, 0.05) is 10.9 Å². The molecule has 1 heterocycles. The van der Waals surface area contributed by atoms with Crippen LogP contribution in [0.1, 0.15) is 33.9 Å². The van der Waals surface area contributed by atoms with Crippen molar-refractivity contribution in [2.24, 2.45) is 5.10 Å². The highest BCUT2D eigenvalue weighted by Gasteiger charge is 2.30. The Bertz CT molecular complexity index is 1040. The average Bonchev–Trinajstić information content (AvgIpc) is 3.20. The van der Waals surface area contributed by atoms with Gasteiger partial charge in [0.1, 0.15) is 5.75 Å². The Morgan fingerprint density at radius 3 is 2.28 bits per heavy atom. The van der Waals surface area contributed by atoms with E-state index in [0.717, 1.165) is 39.2 Å². The summed E-state index contributed by atoms with van der Waals surface area (Å²) in [7, 11) is 1.65. The van der Waals surface area contributed by atoms with E-state index in [1.807, 2.05) is 53.5 Å². The highest BCUT2D eigenvalue weighted by molar-refractivity contribution is 9.10. The number of carboxylic acids is 1. The van der Waals surface area contributed by atoms with E-state index >= 15 is 0 Å². The molecule has 0 aliphatic carbocycles. The van der Waals surface area contributed by atoms with Gasteiger partial charge in [-0.3, -0.25) is 5.01 Å². The minimum absolute atomic E-state index is 0.00947. The number of nitrogens with zero attached hydrogens (tertiary/aromatic N) is 2. The van der Waals surface area contributed by atoms with Gasteiger partial charge in [-0.1, -0.05) is 40.2 Å². The standard InChI is InChI=1S/C23H19BrN2O3/c1-29-20-12-6-16(7-13-20)22-14-21(15-2-8-18(24)9-3-15)25-26(22)19-10-4-17(5-11-19)23(27)28/h2-13,22H,14H2,1H3,(H,27,28). The van der Waals surface area contributed by atoms with E-state index in [4.69, 9.17) is 9.84 Å². The maximum absolute atomic E-state index is 11.2. The minimum atomic E-state index is -0.941. The van der Waals surface area contributed by atoms with E-state index in [9.17, 15) is 9.90 Å². The fourth-order valence-electron chi connectivity index (χ4n) is 3.41. The lowest BCUT2D eigenvalue weighted by molar-refractivity contribution is 0.0697. The number of aromatic carboxylic acids is 1. The Morgan fingerprint density at radius 2 is 1.69 bits per heavy atom. The third-order valence-corrected chi connectivity index (χ3v) is 5.50. The van der Waals surface area contributed by atoms with Crippen molar-refractivity contribution in [3.63, 3.8) is 0 Å². The molecule has 1 aliphatic heterocycles. The molecule has 4 rings (SSSR count). The molecule has 6 heteroatoms. The highest BCUT2D eigenvalue weighted by Crippen LogP contribution is 2.37. The number of halogens is 1. The molecular formula is C23H19BrN2O3. The molecule has 0 fully saturated rings. The first-order valence-electron chi connectivity index (χ1n) is 9.15. The van der Waals surface area contributed by atoms with Gasteiger partial charge >= 0.3 is 5.97 Å². The number of rotatable bonds is 5. The average molecular weight is 451 g/mol. The first-order valence-corrected chi connectivity index (χ1v) is 9.94. The summed E-state index contributed by atoms with van der Waals surface area (Å²) in [6, 6.07) is 22.9. The molecule has 0 saturated carbocycles. The van der Waals surface area contributed by atoms with E-state index in [-0.39, 0.29) is 11.6 Å². The van der Waals surface area contributed by atoms with Gasteiger partial charge in [0.2, 0.25) is 0 Å². The normalized spacial score (nSPS) is 15.9. The lowest BCUT2D eigenvalue weighted by atomic mass is 9.98. The third kappa shape index (κ3) is 4.03. The van der Waals surface area contributed by atoms with Gasteiger partial charge < -0.3 is 9.84 Å². The molecule has 3 aromatic carbocycles. The van der Waals surface area contributed by atoms with Gasteiger partial charge in [-0.15, -0.1) is 0 Å². The van der Waals surface area contributed by atoms with E-state index < -0.39 is 5.97 Å². The Labute approximate surface area is 177 Å². The molecule has 1 atom stereocenters. The molecule has 0 radical (unpaired) electrons. The molecule has 1 N–H and O–H groups in total. The maximum Gasteiger partial charge on any atom is 0.335 e. The molecule has 5 nitrogen and oxygen atoms in total. The van der Waals surface area contributed by atoms with Crippen LogP contribution in [0.5, 0.6) is 5.75 Å². The van der Waals surface area contributed by atoms with Crippen LogP contribution in [0, 0.1) is 0 Å². The van der Waals surface area contributed by atoms with Crippen molar-refractivity contribution in [3.05, 3.63) is 94.0 Å². The smallest absolute Gasteiger partial charge is 0.335 e. The number of carbonyl (C=O) groups is 1. The first-order chi connectivity index (χ1) is 14.0. The monoisotopic (exact) mass is 450 g/mol. The van der Waals surface area contributed by atoms with Gasteiger partial charge in [-0.2, -0.15) is 5.10 Å². The summed E-state index contributed by atoms with van der Waals surface area (Å²) in [6.07, 6.45) is 0.745. The van der Waals surface area contributed by atoms with Crippen LogP contribution in [-0.2, 0) is 0 Å². The zero-order valence-electron chi connectivity index (χ0n) is 15.7. The summed E-state index contributed by atoms with van der Waals surface area (Å²) in [4.78, 5) is 11.2. The highest BCUT2D eigenvalue weighted by atomic mass is 79.9. The number of methoxy groups -OCH3 is 1. The van der Waals surface area contributed by atoms with Crippen LogP contribution < -0.4 is 9.75 Å². The molecular weight excluding hydrogens is 432 g/mol. The molecule has 1 unspecified atom stereocenters. The van der Waals surface area contributed by atoms with Crippen LogP contribution in [0.25, 0.3) is 0 Å². The van der Waals surface area contributed by atoms with E-state index in [1.165, 1.54) is 0 Å². The number of benzene rings is 3. The predicted molar refractivity (Wildman–Crippen MR) is 117 cm³/mol. The first kappa shape index (κ1) is 19.2. The van der Waals surface area contributed by atoms with Crippen molar-refractivity contribution in [2.45, 2.75) is 12.5 Å². The summed E-state index contributed by atoms with van der Waals surface area (Å²) in [5, 5.41) is 16.0. The molecule has 0 saturated heterocycles. The van der Waals surface area contributed by atoms with Crippen molar-refractivity contribution >= 4 is 33.3 Å². The summed E-state index contributed by atoms with van der Waals surface area (Å²) >= 11 is 3.47. The second kappa shape index (κ2) is 8.09. The quantitative estimate of drug-likeness (QED) is 0.556. The molecule has 29 heavy (non-hydrogen) atoms. The molecule has 0 spiro atoms. The van der Waals surface area contributed by atoms with E-state index in [2.05, 4.69) is 15.9 Å². The van der Waals surface area contributed by atoms with Gasteiger partial charge in [0.15, 0.2) is 0 Å². The van der Waals surface area contributed by atoms with Crippen LogP contribution >= 0.6 is 15.9 Å². The topological polar surface area (TPSA) is 62.1 Å². The predicted octanol–water partition coefficient (Wildman–Crippen LogP) is 5.51. The van der Waals surface area contributed by atoms with Crippen LogP contribution in [0.15, 0.2) is 82.4 Å². The van der Waals surface area contributed by atoms with Gasteiger partial charge in [-0.05, 0) is 59.7 Å². The van der Waals surface area contributed by atoms with Gasteiger partial charge in [0.05, 0.1) is 30.1 Å². The zero-order valence-corrected chi connectivity index (χ0v) is 17.3. The van der Waals surface area contributed by atoms with Crippen LogP contribution in [0.3, 0.4) is 0 Å². The lowest BCUT2D eigenvalue weighted by Crippen LogP contribution is -2.18. The third-order valence-electron chi connectivity index (χ3n) is 4.97. The second-order valence-electron chi connectivity index (χ2n) is 6.74. The molecule has 0 aromatic heterocycles. The van der Waals surface area contributed by atoms with Crippen LogP contribution in [0.2, 0.25) is 0 Å². The Balaban J connectivity index is 1.72. The Hall–Kier alpha value is -3.12. The lowest BCUT2D eigenvalue weighted by Gasteiger charge is -2.24. The van der Waals surface area contributed by atoms with Crippen molar-refractivity contribution in [1.82, 2.24) is 0 Å². The fourth-order valence-corrected chi connectivity index (χ4v) is 3.67.